The van der Waals surface area contributed by atoms with E-state index < -0.39 is 12.0 Å². The van der Waals surface area contributed by atoms with Crippen LogP contribution in [0.2, 0.25) is 0 Å². The first-order chi connectivity index (χ1) is 8.17. The number of carbonyl (C=O) groups excluding carboxylic acids is 1. The lowest BCUT2D eigenvalue weighted by Gasteiger charge is -2.09. The van der Waals surface area contributed by atoms with Gasteiger partial charge in [-0.3, -0.25) is 4.79 Å². The number of rotatable bonds is 8. The van der Waals surface area contributed by atoms with Gasteiger partial charge in [-0.2, -0.15) is 16.7 Å². The molecule has 7 nitrogen and oxygen atoms in total. The highest BCUT2D eigenvalue weighted by Gasteiger charge is 2.16. The topological polar surface area (TPSA) is 105 Å². The summed E-state index contributed by atoms with van der Waals surface area (Å²) in [4.78, 5) is 24.9. The van der Waals surface area contributed by atoms with Crippen molar-refractivity contribution in [3.63, 3.8) is 0 Å². The van der Waals surface area contributed by atoms with Crippen molar-refractivity contribution in [2.24, 2.45) is 0 Å². The normalized spacial score (nSPS) is 12.1. The number of hydrogen-bond acceptors (Lipinski definition) is 6. The third-order valence-corrected chi connectivity index (χ3v) is 2.93. The first kappa shape index (κ1) is 13.5. The molecule has 1 atom stereocenters. The number of carboxylic acids is 1. The van der Waals surface area contributed by atoms with Crippen molar-refractivity contribution in [3.8, 4) is 0 Å². The minimum atomic E-state index is -1.06. The van der Waals surface area contributed by atoms with E-state index >= 15 is 0 Å². The Balaban J connectivity index is 2.35. The first-order valence-electron chi connectivity index (χ1n) is 4.99. The molecule has 0 saturated heterocycles. The Kier molecular flexibility index (Phi) is 5.47. The van der Waals surface area contributed by atoms with E-state index in [2.05, 4.69) is 15.5 Å². The molecule has 17 heavy (non-hydrogen) atoms. The molecule has 0 aliphatic carbocycles. The van der Waals surface area contributed by atoms with Gasteiger partial charge in [0.15, 0.2) is 5.82 Å². The molecule has 1 rings (SSSR count). The van der Waals surface area contributed by atoms with Crippen LogP contribution in [-0.2, 0) is 21.8 Å². The summed E-state index contributed by atoms with van der Waals surface area (Å²) >= 11 is 1.32. The SMILES string of the molecule is CCc1nc(CSCC(NC=O)C(=O)O)no1. The summed E-state index contributed by atoms with van der Waals surface area (Å²) in [6.45, 7) is 1.90. The maximum atomic E-state index is 10.7. The average Bonchev–Trinajstić information content (AvgIpc) is 2.75. The summed E-state index contributed by atoms with van der Waals surface area (Å²) in [5.41, 5.74) is 0. The molecule has 1 heterocycles. The number of thioether (sulfide) groups is 1. The lowest BCUT2D eigenvalue weighted by atomic mass is 10.3. The molecule has 0 radical (unpaired) electrons. The van der Waals surface area contributed by atoms with Crippen molar-refractivity contribution in [3.05, 3.63) is 11.7 Å². The molecule has 0 fully saturated rings. The Morgan fingerprint density at radius 2 is 2.47 bits per heavy atom. The van der Waals surface area contributed by atoms with Crippen molar-refractivity contribution in [1.82, 2.24) is 15.5 Å². The minimum absolute atomic E-state index is 0.254. The standard InChI is InChI=1S/C9H13N3O4S/c1-2-8-11-7(12-16-8)4-17-3-6(9(14)15)10-5-13/h5-6H,2-4H2,1H3,(H,10,13)(H,14,15). The van der Waals surface area contributed by atoms with E-state index in [1.54, 1.807) is 0 Å². The molecule has 0 aliphatic rings. The number of aryl methyl sites for hydroxylation is 1. The molecule has 1 aromatic rings. The van der Waals surface area contributed by atoms with Crippen LogP contribution in [0.4, 0.5) is 0 Å². The van der Waals surface area contributed by atoms with Crippen LogP contribution >= 0.6 is 11.8 Å². The Morgan fingerprint density at radius 1 is 1.71 bits per heavy atom. The van der Waals surface area contributed by atoms with E-state index in [0.717, 1.165) is 0 Å². The largest absolute Gasteiger partial charge is 0.480 e. The van der Waals surface area contributed by atoms with Gasteiger partial charge in [0, 0.05) is 12.2 Å². The molecule has 0 aromatic carbocycles. The van der Waals surface area contributed by atoms with Crippen LogP contribution in [0.25, 0.3) is 0 Å². The second-order valence-corrected chi connectivity index (χ2v) is 4.18. The highest BCUT2D eigenvalue weighted by Crippen LogP contribution is 2.11. The Hall–Kier alpha value is -1.57. The molecule has 8 heteroatoms. The number of nitrogens with zero attached hydrogens (tertiary/aromatic N) is 2. The lowest BCUT2D eigenvalue weighted by Crippen LogP contribution is -2.37. The number of hydrogen-bond donors (Lipinski definition) is 2. The van der Waals surface area contributed by atoms with E-state index in [1.165, 1.54) is 11.8 Å². The predicted octanol–water partition coefficient (Wildman–Crippen LogP) is 0.0644. The van der Waals surface area contributed by atoms with Crippen LogP contribution in [-0.4, -0.2) is 39.4 Å². The van der Waals surface area contributed by atoms with Crippen molar-refractivity contribution in [2.45, 2.75) is 25.1 Å². The monoisotopic (exact) mass is 259 g/mol. The number of aliphatic carboxylic acids is 1. The highest BCUT2D eigenvalue weighted by molar-refractivity contribution is 7.98. The quantitative estimate of drug-likeness (QED) is 0.636. The molecule has 1 aromatic heterocycles. The Bertz CT molecular complexity index is 382. The molecular weight excluding hydrogens is 246 g/mol. The molecule has 1 amide bonds. The van der Waals surface area contributed by atoms with Gasteiger partial charge in [-0.15, -0.1) is 0 Å². The molecule has 0 spiro atoms. The second kappa shape index (κ2) is 6.89. The minimum Gasteiger partial charge on any atom is -0.480 e. The summed E-state index contributed by atoms with van der Waals surface area (Å²) in [5, 5.41) is 14.7. The predicted molar refractivity (Wildman–Crippen MR) is 60.5 cm³/mol. The molecule has 94 valence electrons. The summed E-state index contributed by atoms with van der Waals surface area (Å²) in [6.07, 6.45) is 1.05. The van der Waals surface area contributed by atoms with Crippen LogP contribution in [0, 0.1) is 0 Å². The fourth-order valence-corrected chi connectivity index (χ4v) is 1.93. The summed E-state index contributed by atoms with van der Waals surface area (Å²) < 4.78 is 4.90. The smallest absolute Gasteiger partial charge is 0.327 e. The maximum absolute atomic E-state index is 10.7. The van der Waals surface area contributed by atoms with Gasteiger partial charge in [-0.05, 0) is 0 Å². The van der Waals surface area contributed by atoms with Crippen molar-refractivity contribution in [2.75, 3.05) is 5.75 Å². The van der Waals surface area contributed by atoms with E-state index in [1.807, 2.05) is 6.92 Å². The number of nitrogens with one attached hydrogen (secondary N) is 1. The first-order valence-corrected chi connectivity index (χ1v) is 6.14. The van der Waals surface area contributed by atoms with Gasteiger partial charge in [-0.25, -0.2) is 4.79 Å². The zero-order chi connectivity index (χ0) is 12.7. The van der Waals surface area contributed by atoms with E-state index in [0.29, 0.717) is 30.3 Å². The number of aromatic nitrogens is 2. The summed E-state index contributed by atoms with van der Waals surface area (Å²) in [7, 11) is 0. The van der Waals surface area contributed by atoms with Crippen LogP contribution in [0.15, 0.2) is 4.52 Å². The lowest BCUT2D eigenvalue weighted by molar-refractivity contribution is -0.139. The fraction of sp³-hybridized carbons (Fsp3) is 0.556. The summed E-state index contributed by atoms with van der Waals surface area (Å²) in [5.74, 6) is 0.730. The van der Waals surface area contributed by atoms with Gasteiger partial charge in [0.2, 0.25) is 12.3 Å². The van der Waals surface area contributed by atoms with Crippen LogP contribution in [0.5, 0.6) is 0 Å². The van der Waals surface area contributed by atoms with E-state index in [4.69, 9.17) is 9.63 Å². The third kappa shape index (κ3) is 4.43. The average molecular weight is 259 g/mol. The third-order valence-electron chi connectivity index (χ3n) is 1.90. The highest BCUT2D eigenvalue weighted by atomic mass is 32.2. The van der Waals surface area contributed by atoms with Gasteiger partial charge in [0.05, 0.1) is 5.75 Å². The second-order valence-electron chi connectivity index (χ2n) is 3.15. The van der Waals surface area contributed by atoms with Gasteiger partial charge >= 0.3 is 5.97 Å². The molecular formula is C9H13N3O4S. The number of amides is 1. The van der Waals surface area contributed by atoms with Gasteiger partial charge < -0.3 is 14.9 Å². The zero-order valence-corrected chi connectivity index (χ0v) is 10.1. The molecule has 0 saturated carbocycles. The van der Waals surface area contributed by atoms with Crippen LogP contribution in [0.3, 0.4) is 0 Å². The Morgan fingerprint density at radius 3 is 3.00 bits per heavy atom. The van der Waals surface area contributed by atoms with Crippen LogP contribution < -0.4 is 5.32 Å². The Labute approximate surface area is 102 Å². The summed E-state index contributed by atoms with van der Waals surface area (Å²) in [6, 6.07) is -0.893. The molecule has 1 unspecified atom stereocenters. The van der Waals surface area contributed by atoms with Gasteiger partial charge in [0.1, 0.15) is 6.04 Å². The van der Waals surface area contributed by atoms with Crippen LogP contribution in [0.1, 0.15) is 18.6 Å². The van der Waals surface area contributed by atoms with E-state index in [9.17, 15) is 9.59 Å². The van der Waals surface area contributed by atoms with Gasteiger partial charge in [-0.1, -0.05) is 12.1 Å². The maximum Gasteiger partial charge on any atom is 0.327 e. The molecule has 2 N–H and O–H groups in total. The zero-order valence-electron chi connectivity index (χ0n) is 9.25. The molecule has 0 aliphatic heterocycles. The van der Waals surface area contributed by atoms with E-state index in [-0.39, 0.29) is 5.75 Å². The van der Waals surface area contributed by atoms with Gasteiger partial charge in [0.25, 0.3) is 0 Å². The van der Waals surface area contributed by atoms with Crippen molar-refractivity contribution >= 4 is 24.1 Å². The number of carboxylic acid groups (broad SMARTS) is 1. The van der Waals surface area contributed by atoms with Crippen molar-refractivity contribution in [1.29, 1.82) is 0 Å². The number of carbonyl (C=O) groups is 2. The fourth-order valence-electron chi connectivity index (χ4n) is 1.03. The van der Waals surface area contributed by atoms with Crippen molar-refractivity contribution < 1.29 is 19.2 Å². The molecule has 0 bridgehead atoms.